The zero-order valence-corrected chi connectivity index (χ0v) is 10.8. The predicted molar refractivity (Wildman–Crippen MR) is 73.3 cm³/mol. The minimum atomic E-state index is -0.212. The van der Waals surface area contributed by atoms with E-state index in [2.05, 4.69) is 11.4 Å². The van der Waals surface area contributed by atoms with Gasteiger partial charge in [0.1, 0.15) is 17.3 Å². The molecule has 0 aromatic heterocycles. The van der Waals surface area contributed by atoms with Gasteiger partial charge in [-0.1, -0.05) is 18.2 Å². The molecule has 1 aliphatic rings. The molecular formula is C16H16FNO. The molecule has 0 amide bonds. The number of hydrogen-bond acceptors (Lipinski definition) is 2. The van der Waals surface area contributed by atoms with E-state index in [0.29, 0.717) is 5.92 Å². The SMILES string of the molecule is CNC[C@H]1Cc2cc(F)ccc2Oc2ccccc21. The Morgan fingerprint density at radius 3 is 2.89 bits per heavy atom. The number of fused-ring (bicyclic) bond motifs is 2. The Bertz CT molecular complexity index is 597. The van der Waals surface area contributed by atoms with Crippen LogP contribution in [0.15, 0.2) is 42.5 Å². The van der Waals surface area contributed by atoms with E-state index in [1.165, 1.54) is 11.6 Å². The monoisotopic (exact) mass is 257 g/mol. The molecule has 0 aliphatic carbocycles. The molecule has 0 saturated heterocycles. The van der Waals surface area contributed by atoms with E-state index in [9.17, 15) is 4.39 Å². The van der Waals surface area contributed by atoms with E-state index in [1.54, 1.807) is 12.1 Å². The molecule has 0 spiro atoms. The summed E-state index contributed by atoms with van der Waals surface area (Å²) in [5.74, 6) is 1.71. The van der Waals surface area contributed by atoms with Gasteiger partial charge in [-0.25, -0.2) is 4.39 Å². The Kier molecular flexibility index (Phi) is 3.22. The summed E-state index contributed by atoms with van der Waals surface area (Å²) in [4.78, 5) is 0. The lowest BCUT2D eigenvalue weighted by Crippen LogP contribution is -2.18. The summed E-state index contributed by atoms with van der Waals surface area (Å²) in [6, 6.07) is 12.8. The minimum absolute atomic E-state index is 0.212. The zero-order valence-electron chi connectivity index (χ0n) is 10.8. The summed E-state index contributed by atoms with van der Waals surface area (Å²) in [5, 5.41) is 3.20. The van der Waals surface area contributed by atoms with E-state index in [1.807, 2.05) is 25.2 Å². The average molecular weight is 257 g/mol. The summed E-state index contributed by atoms with van der Waals surface area (Å²) in [5.41, 5.74) is 2.10. The summed E-state index contributed by atoms with van der Waals surface area (Å²) >= 11 is 0. The summed E-state index contributed by atoms with van der Waals surface area (Å²) < 4.78 is 19.3. The molecule has 1 aliphatic heterocycles. The largest absolute Gasteiger partial charge is 0.457 e. The highest BCUT2D eigenvalue weighted by Crippen LogP contribution is 2.39. The van der Waals surface area contributed by atoms with Crippen LogP contribution >= 0.6 is 0 Å². The van der Waals surface area contributed by atoms with Gasteiger partial charge in [0, 0.05) is 12.5 Å². The molecule has 0 bridgehead atoms. The zero-order chi connectivity index (χ0) is 13.2. The Labute approximate surface area is 112 Å². The Morgan fingerprint density at radius 1 is 1.21 bits per heavy atom. The van der Waals surface area contributed by atoms with Crippen molar-refractivity contribution in [3.05, 3.63) is 59.4 Å². The number of ether oxygens (including phenoxy) is 1. The first-order valence-electron chi connectivity index (χ1n) is 6.47. The summed E-state index contributed by atoms with van der Waals surface area (Å²) in [6.45, 7) is 0.844. The number of rotatable bonds is 2. The molecule has 2 nitrogen and oxygen atoms in total. The number of halogens is 1. The van der Waals surface area contributed by atoms with Crippen molar-refractivity contribution in [2.24, 2.45) is 0 Å². The highest BCUT2D eigenvalue weighted by molar-refractivity contribution is 5.47. The molecular weight excluding hydrogens is 241 g/mol. The van der Waals surface area contributed by atoms with Crippen LogP contribution in [0.5, 0.6) is 11.5 Å². The fourth-order valence-electron chi connectivity index (χ4n) is 2.64. The molecule has 1 heterocycles. The second-order valence-electron chi connectivity index (χ2n) is 4.85. The lowest BCUT2D eigenvalue weighted by Gasteiger charge is -2.15. The normalized spacial score (nSPS) is 17.1. The predicted octanol–water partition coefficient (Wildman–Crippen LogP) is 3.48. The molecule has 0 fully saturated rings. The van der Waals surface area contributed by atoms with Crippen LogP contribution in [0.1, 0.15) is 17.0 Å². The van der Waals surface area contributed by atoms with Crippen molar-refractivity contribution in [3.63, 3.8) is 0 Å². The number of hydrogen-bond donors (Lipinski definition) is 1. The van der Waals surface area contributed by atoms with E-state index < -0.39 is 0 Å². The van der Waals surface area contributed by atoms with Crippen molar-refractivity contribution in [3.8, 4) is 11.5 Å². The Morgan fingerprint density at radius 2 is 2.05 bits per heavy atom. The lowest BCUT2D eigenvalue weighted by molar-refractivity contribution is 0.475. The number of benzene rings is 2. The number of nitrogens with one attached hydrogen (secondary N) is 1. The van der Waals surface area contributed by atoms with Gasteiger partial charge in [0.05, 0.1) is 0 Å². The van der Waals surface area contributed by atoms with Gasteiger partial charge in [-0.3, -0.25) is 0 Å². The van der Waals surface area contributed by atoms with Gasteiger partial charge in [0.15, 0.2) is 0 Å². The molecule has 0 unspecified atom stereocenters. The minimum Gasteiger partial charge on any atom is -0.457 e. The maximum absolute atomic E-state index is 13.4. The number of likely N-dealkylation sites (N-methyl/N-ethyl adjacent to an activating group) is 1. The standard InChI is InChI=1S/C16H16FNO/c1-18-10-12-8-11-9-13(17)6-7-15(11)19-16-5-3-2-4-14(12)16/h2-7,9,12,18H,8,10H2,1H3/t12-/m1/s1. The molecule has 0 radical (unpaired) electrons. The third-order valence-corrected chi connectivity index (χ3v) is 3.52. The van der Waals surface area contributed by atoms with E-state index in [4.69, 9.17) is 4.74 Å². The van der Waals surface area contributed by atoms with E-state index in [0.717, 1.165) is 30.0 Å². The van der Waals surface area contributed by atoms with Crippen LogP contribution in [0.4, 0.5) is 4.39 Å². The third-order valence-electron chi connectivity index (χ3n) is 3.52. The van der Waals surface area contributed by atoms with Crippen molar-refractivity contribution in [2.45, 2.75) is 12.3 Å². The van der Waals surface area contributed by atoms with Gasteiger partial charge in [-0.2, -0.15) is 0 Å². The maximum atomic E-state index is 13.4. The quantitative estimate of drug-likeness (QED) is 0.889. The van der Waals surface area contributed by atoms with Crippen LogP contribution < -0.4 is 10.1 Å². The highest BCUT2D eigenvalue weighted by Gasteiger charge is 2.22. The van der Waals surface area contributed by atoms with E-state index in [-0.39, 0.29) is 5.82 Å². The first-order chi connectivity index (χ1) is 9.28. The molecule has 2 aromatic carbocycles. The van der Waals surface area contributed by atoms with Gasteiger partial charge in [0.25, 0.3) is 0 Å². The van der Waals surface area contributed by atoms with Crippen LogP contribution in [0.25, 0.3) is 0 Å². The smallest absolute Gasteiger partial charge is 0.130 e. The van der Waals surface area contributed by atoms with Crippen LogP contribution in [-0.4, -0.2) is 13.6 Å². The second-order valence-corrected chi connectivity index (χ2v) is 4.85. The molecule has 0 saturated carbocycles. The summed E-state index contributed by atoms with van der Waals surface area (Å²) in [6.07, 6.45) is 0.783. The molecule has 2 aromatic rings. The lowest BCUT2D eigenvalue weighted by atomic mass is 9.92. The van der Waals surface area contributed by atoms with Crippen LogP contribution in [0.3, 0.4) is 0 Å². The van der Waals surface area contributed by atoms with Crippen LogP contribution in [0.2, 0.25) is 0 Å². The molecule has 98 valence electrons. The molecule has 1 N–H and O–H groups in total. The maximum Gasteiger partial charge on any atom is 0.130 e. The van der Waals surface area contributed by atoms with Crippen molar-refractivity contribution >= 4 is 0 Å². The Hall–Kier alpha value is -1.87. The average Bonchev–Trinajstić information content (AvgIpc) is 2.56. The third kappa shape index (κ3) is 2.34. The summed E-state index contributed by atoms with van der Waals surface area (Å²) in [7, 11) is 1.93. The van der Waals surface area contributed by atoms with E-state index >= 15 is 0 Å². The molecule has 3 heteroatoms. The van der Waals surface area contributed by atoms with Gasteiger partial charge < -0.3 is 10.1 Å². The molecule has 3 rings (SSSR count). The highest BCUT2D eigenvalue weighted by atomic mass is 19.1. The fraction of sp³-hybridized carbons (Fsp3) is 0.250. The first-order valence-corrected chi connectivity index (χ1v) is 6.47. The van der Waals surface area contributed by atoms with Gasteiger partial charge in [-0.05, 0) is 48.9 Å². The van der Waals surface area contributed by atoms with Gasteiger partial charge in [0.2, 0.25) is 0 Å². The second kappa shape index (κ2) is 5.02. The topological polar surface area (TPSA) is 21.3 Å². The van der Waals surface area contributed by atoms with Gasteiger partial charge in [-0.15, -0.1) is 0 Å². The Balaban J connectivity index is 2.09. The van der Waals surface area contributed by atoms with Gasteiger partial charge >= 0.3 is 0 Å². The molecule has 19 heavy (non-hydrogen) atoms. The van der Waals surface area contributed by atoms with Crippen molar-refractivity contribution < 1.29 is 9.13 Å². The van der Waals surface area contributed by atoms with Crippen LogP contribution in [-0.2, 0) is 6.42 Å². The van der Waals surface area contributed by atoms with Crippen molar-refractivity contribution in [1.29, 1.82) is 0 Å². The van der Waals surface area contributed by atoms with Crippen LogP contribution in [0, 0.1) is 5.82 Å². The van der Waals surface area contributed by atoms with Crippen molar-refractivity contribution in [2.75, 3.05) is 13.6 Å². The van der Waals surface area contributed by atoms with Crippen molar-refractivity contribution in [1.82, 2.24) is 5.32 Å². The first kappa shape index (κ1) is 12.2. The fourth-order valence-corrected chi connectivity index (χ4v) is 2.64. The molecule has 1 atom stereocenters. The number of para-hydroxylation sites is 1.